The normalized spacial score (nSPS) is 21.0. The highest BCUT2D eigenvalue weighted by molar-refractivity contribution is 5.98. The number of carboxylic acid groups (broad SMARTS) is 2. The number of hydrogen-bond donors (Lipinski definition) is 2. The summed E-state index contributed by atoms with van der Waals surface area (Å²) in [5.74, 6) is -1.92. The molecule has 2 rings (SSSR count). The second kappa shape index (κ2) is 4.91. The Labute approximate surface area is 110 Å². The lowest BCUT2D eigenvalue weighted by atomic mass is 9.84. The van der Waals surface area contributed by atoms with Crippen LogP contribution in [0.4, 0.5) is 0 Å². The molecule has 19 heavy (non-hydrogen) atoms. The average Bonchev–Trinajstić information content (AvgIpc) is 2.85. The Kier molecular flexibility index (Phi) is 3.46. The number of ether oxygens (including phenoxy) is 1. The van der Waals surface area contributed by atoms with Crippen molar-refractivity contribution in [2.45, 2.75) is 25.2 Å². The minimum Gasteiger partial charge on any atom is -0.496 e. The van der Waals surface area contributed by atoms with E-state index >= 15 is 0 Å². The zero-order valence-corrected chi connectivity index (χ0v) is 10.6. The van der Waals surface area contributed by atoms with Gasteiger partial charge in [0.25, 0.3) is 0 Å². The molecule has 1 aliphatic carbocycles. The standard InChI is InChI=1S/C14H16O5/c1-19-11-5-3-2-4-10(11)9-6-7-14(8-9,12(15)16)13(17)18/h2-5,9H,6-8H2,1H3,(H,15,16)(H,17,18)/t9-/m0/s1. The van der Waals surface area contributed by atoms with Crippen molar-refractivity contribution < 1.29 is 24.5 Å². The van der Waals surface area contributed by atoms with E-state index in [0.717, 1.165) is 5.56 Å². The van der Waals surface area contributed by atoms with Gasteiger partial charge in [0.1, 0.15) is 5.75 Å². The molecule has 1 atom stereocenters. The highest BCUT2D eigenvalue weighted by Gasteiger charge is 2.52. The van der Waals surface area contributed by atoms with E-state index < -0.39 is 17.4 Å². The molecular weight excluding hydrogens is 248 g/mol. The smallest absolute Gasteiger partial charge is 0.321 e. The highest BCUT2D eigenvalue weighted by atomic mass is 16.5. The summed E-state index contributed by atoms with van der Waals surface area (Å²) in [6, 6.07) is 7.35. The topological polar surface area (TPSA) is 83.8 Å². The van der Waals surface area contributed by atoms with Gasteiger partial charge in [-0.2, -0.15) is 0 Å². The highest BCUT2D eigenvalue weighted by Crippen LogP contribution is 2.48. The van der Waals surface area contributed by atoms with E-state index in [4.69, 9.17) is 4.74 Å². The van der Waals surface area contributed by atoms with Crippen molar-refractivity contribution >= 4 is 11.9 Å². The third kappa shape index (κ3) is 2.16. The molecule has 0 aromatic heterocycles. The van der Waals surface area contributed by atoms with Gasteiger partial charge in [0.2, 0.25) is 0 Å². The van der Waals surface area contributed by atoms with E-state index in [1.54, 1.807) is 13.2 Å². The molecule has 0 radical (unpaired) electrons. The summed E-state index contributed by atoms with van der Waals surface area (Å²) in [7, 11) is 1.55. The van der Waals surface area contributed by atoms with Crippen LogP contribution in [0.1, 0.15) is 30.7 Å². The largest absolute Gasteiger partial charge is 0.496 e. The van der Waals surface area contributed by atoms with Crippen LogP contribution in [-0.2, 0) is 9.59 Å². The zero-order valence-electron chi connectivity index (χ0n) is 10.6. The molecule has 1 aromatic rings. The number of aliphatic carboxylic acids is 2. The van der Waals surface area contributed by atoms with Crippen LogP contribution in [0.2, 0.25) is 0 Å². The van der Waals surface area contributed by atoms with E-state index in [1.165, 1.54) is 0 Å². The molecule has 0 aliphatic heterocycles. The molecule has 1 aromatic carbocycles. The Balaban J connectivity index is 2.31. The summed E-state index contributed by atoms with van der Waals surface area (Å²) in [4.78, 5) is 22.6. The second-order valence-electron chi connectivity index (χ2n) is 4.87. The maximum absolute atomic E-state index is 11.3. The molecular formula is C14H16O5. The van der Waals surface area contributed by atoms with Gasteiger partial charge >= 0.3 is 11.9 Å². The van der Waals surface area contributed by atoms with Gasteiger partial charge in [0.15, 0.2) is 5.41 Å². The fourth-order valence-electron chi connectivity index (χ4n) is 2.79. The van der Waals surface area contributed by atoms with Gasteiger partial charge in [-0.3, -0.25) is 9.59 Å². The monoisotopic (exact) mass is 264 g/mol. The third-order valence-electron chi connectivity index (χ3n) is 3.91. The van der Waals surface area contributed by atoms with Gasteiger partial charge in [-0.25, -0.2) is 0 Å². The van der Waals surface area contributed by atoms with E-state index in [2.05, 4.69) is 0 Å². The van der Waals surface area contributed by atoms with Crippen molar-refractivity contribution in [3.63, 3.8) is 0 Å². The summed E-state index contributed by atoms with van der Waals surface area (Å²) in [5.41, 5.74) is -0.778. The van der Waals surface area contributed by atoms with Crippen molar-refractivity contribution in [1.82, 2.24) is 0 Å². The Bertz CT molecular complexity index is 494. The second-order valence-corrected chi connectivity index (χ2v) is 4.87. The van der Waals surface area contributed by atoms with Crippen LogP contribution >= 0.6 is 0 Å². The summed E-state index contributed by atoms with van der Waals surface area (Å²) in [5, 5.41) is 18.4. The fourth-order valence-corrected chi connectivity index (χ4v) is 2.79. The van der Waals surface area contributed by atoms with Gasteiger partial charge < -0.3 is 14.9 Å². The molecule has 2 N–H and O–H groups in total. The molecule has 5 heteroatoms. The minimum absolute atomic E-state index is 0.0941. The number of carbonyl (C=O) groups is 2. The van der Waals surface area contributed by atoms with Crippen LogP contribution in [0.25, 0.3) is 0 Å². The SMILES string of the molecule is COc1ccccc1[C@H]1CCC(C(=O)O)(C(=O)O)C1. The van der Waals surface area contributed by atoms with Crippen LogP contribution < -0.4 is 4.74 Å². The number of para-hydroxylation sites is 1. The lowest BCUT2D eigenvalue weighted by molar-refractivity contribution is -0.164. The first-order valence-electron chi connectivity index (χ1n) is 6.11. The lowest BCUT2D eigenvalue weighted by Gasteiger charge is -2.19. The number of benzene rings is 1. The summed E-state index contributed by atoms with van der Waals surface area (Å²) in [6.45, 7) is 0. The fraction of sp³-hybridized carbons (Fsp3) is 0.429. The van der Waals surface area contributed by atoms with Crippen LogP contribution in [0, 0.1) is 5.41 Å². The van der Waals surface area contributed by atoms with Crippen LogP contribution in [-0.4, -0.2) is 29.3 Å². The summed E-state index contributed by atoms with van der Waals surface area (Å²) < 4.78 is 5.25. The first-order valence-corrected chi connectivity index (χ1v) is 6.11. The van der Waals surface area contributed by atoms with Crippen LogP contribution in [0.3, 0.4) is 0 Å². The van der Waals surface area contributed by atoms with Crippen LogP contribution in [0.15, 0.2) is 24.3 Å². The predicted molar refractivity (Wildman–Crippen MR) is 67.3 cm³/mol. The predicted octanol–water partition coefficient (Wildman–Crippen LogP) is 2.12. The van der Waals surface area contributed by atoms with Gasteiger partial charge in [-0.05, 0) is 36.8 Å². The van der Waals surface area contributed by atoms with Crippen molar-refractivity contribution in [2.75, 3.05) is 7.11 Å². The molecule has 0 spiro atoms. The molecule has 0 bridgehead atoms. The Hall–Kier alpha value is -2.04. The average molecular weight is 264 g/mol. The molecule has 1 aliphatic rings. The summed E-state index contributed by atoms with van der Waals surface area (Å²) in [6.07, 6.45) is 0.803. The molecule has 0 amide bonds. The van der Waals surface area contributed by atoms with E-state index in [1.807, 2.05) is 18.2 Å². The molecule has 1 fully saturated rings. The van der Waals surface area contributed by atoms with Gasteiger partial charge in [0, 0.05) is 0 Å². The zero-order chi connectivity index (χ0) is 14.0. The molecule has 1 saturated carbocycles. The Morgan fingerprint density at radius 1 is 1.26 bits per heavy atom. The maximum Gasteiger partial charge on any atom is 0.321 e. The Morgan fingerprint density at radius 3 is 2.42 bits per heavy atom. The molecule has 102 valence electrons. The van der Waals surface area contributed by atoms with E-state index in [0.29, 0.717) is 12.2 Å². The van der Waals surface area contributed by atoms with Crippen molar-refractivity contribution in [1.29, 1.82) is 0 Å². The van der Waals surface area contributed by atoms with Crippen molar-refractivity contribution in [3.05, 3.63) is 29.8 Å². The van der Waals surface area contributed by atoms with Crippen molar-refractivity contribution in [3.8, 4) is 5.75 Å². The van der Waals surface area contributed by atoms with Crippen molar-refractivity contribution in [2.24, 2.45) is 5.41 Å². The minimum atomic E-state index is -1.66. The first kappa shape index (κ1) is 13.4. The number of rotatable bonds is 4. The third-order valence-corrected chi connectivity index (χ3v) is 3.91. The number of methoxy groups -OCH3 is 1. The van der Waals surface area contributed by atoms with Gasteiger partial charge in [-0.15, -0.1) is 0 Å². The number of carboxylic acids is 2. The molecule has 0 heterocycles. The quantitative estimate of drug-likeness (QED) is 0.814. The van der Waals surface area contributed by atoms with E-state index in [-0.39, 0.29) is 18.8 Å². The lowest BCUT2D eigenvalue weighted by Crippen LogP contribution is -2.36. The van der Waals surface area contributed by atoms with Gasteiger partial charge in [0.05, 0.1) is 7.11 Å². The molecule has 0 saturated heterocycles. The summed E-state index contributed by atoms with van der Waals surface area (Å²) >= 11 is 0. The van der Waals surface area contributed by atoms with Crippen LogP contribution in [0.5, 0.6) is 5.75 Å². The molecule has 0 unspecified atom stereocenters. The first-order chi connectivity index (χ1) is 9.01. The Morgan fingerprint density at radius 2 is 1.89 bits per heavy atom. The van der Waals surface area contributed by atoms with Gasteiger partial charge in [-0.1, -0.05) is 18.2 Å². The number of hydrogen-bond acceptors (Lipinski definition) is 3. The molecule has 5 nitrogen and oxygen atoms in total. The maximum atomic E-state index is 11.3. The van der Waals surface area contributed by atoms with E-state index in [9.17, 15) is 19.8 Å².